The van der Waals surface area contributed by atoms with Crippen molar-refractivity contribution < 1.29 is 6.85 Å². The lowest BCUT2D eigenvalue weighted by Gasteiger charge is -2.45. The first-order valence-electron chi connectivity index (χ1n) is 22.6. The summed E-state index contributed by atoms with van der Waals surface area (Å²) in [4.78, 5) is 4.75. The molecule has 2 heterocycles. The third kappa shape index (κ3) is 6.47. The van der Waals surface area contributed by atoms with Gasteiger partial charge in [-0.25, -0.2) is 0 Å². The summed E-state index contributed by atoms with van der Waals surface area (Å²) in [5.74, 6) is 0. The molecule has 0 unspecified atom stereocenters. The minimum atomic E-state index is -0.398. The zero-order valence-electron chi connectivity index (χ0n) is 40.6. The van der Waals surface area contributed by atoms with E-state index in [9.17, 15) is 2.74 Å². The van der Waals surface area contributed by atoms with Gasteiger partial charge in [0.25, 0.3) is 6.71 Å². The Labute approximate surface area is 344 Å². The highest BCUT2D eigenvalue weighted by Gasteiger charge is 2.44. The Bertz CT molecular complexity index is 2730. The maximum Gasteiger partial charge on any atom is 0.252 e. The molecule has 284 valence electrons. The average Bonchev–Trinajstić information content (AvgIpc) is 3.17. The monoisotopic (exact) mass is 740 g/mol. The summed E-state index contributed by atoms with van der Waals surface area (Å²) >= 11 is 0. The van der Waals surface area contributed by atoms with Gasteiger partial charge in [0, 0.05) is 34.0 Å². The fraction of sp³-hybridized carbons (Fsp3) is 0.321. The highest BCUT2D eigenvalue weighted by molar-refractivity contribution is 7.00. The van der Waals surface area contributed by atoms with Crippen molar-refractivity contribution in [1.82, 2.24) is 0 Å². The Morgan fingerprint density at radius 2 is 0.875 bits per heavy atom. The van der Waals surface area contributed by atoms with Crippen LogP contribution in [0.3, 0.4) is 0 Å². The first-order valence-corrected chi connectivity index (χ1v) is 20.1. The number of rotatable bonds is 3. The Kier molecular flexibility index (Phi) is 7.46. The third-order valence-corrected chi connectivity index (χ3v) is 11.8. The lowest BCUT2D eigenvalue weighted by atomic mass is 9.33. The Morgan fingerprint density at radius 3 is 1.38 bits per heavy atom. The molecule has 2 aliphatic rings. The molecule has 0 N–H and O–H groups in total. The van der Waals surface area contributed by atoms with Crippen LogP contribution in [-0.4, -0.2) is 6.71 Å². The number of hydrogen-bond acceptors (Lipinski definition) is 2. The minimum Gasteiger partial charge on any atom is -0.311 e. The fourth-order valence-corrected chi connectivity index (χ4v) is 8.51. The summed E-state index contributed by atoms with van der Waals surface area (Å²) in [6.45, 7) is 28.8. The van der Waals surface area contributed by atoms with E-state index in [0.717, 1.165) is 45.3 Å². The molecule has 56 heavy (non-hydrogen) atoms. The molecule has 0 saturated heterocycles. The lowest BCUT2D eigenvalue weighted by Crippen LogP contribution is -2.61. The molecule has 0 atom stereocenters. The predicted octanol–water partition coefficient (Wildman–Crippen LogP) is 12.9. The van der Waals surface area contributed by atoms with Gasteiger partial charge in [-0.05, 0) is 127 Å². The molecule has 0 spiro atoms. The van der Waals surface area contributed by atoms with Gasteiger partial charge >= 0.3 is 0 Å². The topological polar surface area (TPSA) is 6.48 Å². The van der Waals surface area contributed by atoms with Gasteiger partial charge in [0.2, 0.25) is 0 Å². The van der Waals surface area contributed by atoms with E-state index in [4.69, 9.17) is 4.11 Å². The van der Waals surface area contributed by atoms with Crippen molar-refractivity contribution in [3.8, 4) is 11.1 Å². The summed E-state index contributed by atoms with van der Waals surface area (Å²) in [5.41, 5.74) is 15.9. The number of anilines is 6. The van der Waals surface area contributed by atoms with Crippen LogP contribution in [0.25, 0.3) is 11.1 Å². The summed E-state index contributed by atoms with van der Waals surface area (Å²) in [5, 5.41) is 0. The Morgan fingerprint density at radius 1 is 0.446 bits per heavy atom. The molecular formula is C53H59BN2. The van der Waals surface area contributed by atoms with Crippen LogP contribution in [0.4, 0.5) is 34.1 Å². The van der Waals surface area contributed by atoms with Crippen LogP contribution in [-0.2, 0) is 21.7 Å². The smallest absolute Gasteiger partial charge is 0.252 e. The molecule has 0 saturated carbocycles. The summed E-state index contributed by atoms with van der Waals surface area (Å²) in [6, 6.07) is 32.3. The van der Waals surface area contributed by atoms with Crippen molar-refractivity contribution in [2.45, 2.75) is 112 Å². The van der Waals surface area contributed by atoms with Gasteiger partial charge in [0.05, 0.1) is 12.5 Å². The number of aryl methyl sites for hydroxylation is 1. The summed E-state index contributed by atoms with van der Waals surface area (Å²) < 4.78 is 44.5. The van der Waals surface area contributed by atoms with E-state index in [1.54, 1.807) is 0 Å². The Balaban J connectivity index is 1.52. The maximum atomic E-state index is 9.26. The van der Waals surface area contributed by atoms with Gasteiger partial charge in [-0.15, -0.1) is 0 Å². The molecule has 0 aromatic heterocycles. The molecule has 0 fully saturated rings. The van der Waals surface area contributed by atoms with Gasteiger partial charge in [-0.2, -0.15) is 0 Å². The number of hydrogen-bond donors (Lipinski definition) is 0. The molecule has 0 bridgehead atoms. The van der Waals surface area contributed by atoms with Gasteiger partial charge in [0.1, 0.15) is 0 Å². The highest BCUT2D eigenvalue weighted by Crippen LogP contribution is 2.48. The van der Waals surface area contributed by atoms with E-state index >= 15 is 0 Å². The number of nitrogens with zero attached hydrogens (tertiary/aromatic N) is 2. The normalized spacial score (nSPS) is 15.3. The number of benzene rings is 6. The molecule has 6 aromatic carbocycles. The van der Waals surface area contributed by atoms with Crippen molar-refractivity contribution >= 4 is 57.2 Å². The molecule has 0 radical (unpaired) electrons. The number of fused-ring (bicyclic) bond motifs is 4. The Hall–Kier alpha value is -5.02. The van der Waals surface area contributed by atoms with Crippen LogP contribution >= 0.6 is 0 Å². The molecular weight excluding hydrogens is 675 g/mol. The van der Waals surface area contributed by atoms with E-state index in [0.29, 0.717) is 5.56 Å². The van der Waals surface area contributed by atoms with E-state index in [1.807, 2.05) is 0 Å². The lowest BCUT2D eigenvalue weighted by molar-refractivity contribution is 0.590. The predicted molar refractivity (Wildman–Crippen MR) is 245 cm³/mol. The molecule has 2 nitrogen and oxygen atoms in total. The van der Waals surface area contributed by atoms with Crippen molar-refractivity contribution in [2.24, 2.45) is 0 Å². The van der Waals surface area contributed by atoms with Crippen LogP contribution in [0.1, 0.15) is 118 Å². The molecule has 0 amide bonds. The highest BCUT2D eigenvalue weighted by atomic mass is 15.2. The average molecular weight is 740 g/mol. The molecule has 6 aromatic rings. The van der Waals surface area contributed by atoms with E-state index in [-0.39, 0.29) is 58.1 Å². The SMILES string of the molecule is [2H]c1c([2H])c([2H])c(-c2cc(C(C)(C)C)ccc2N2c3ccc(C(C)(C)C)cc3B3c4cc(C(C)(C)C)ccc4N(c4ccc(C(C)(C)C)cc4)c4cc(C)cc2c43)c([2H])c1[2H]. The second-order valence-corrected chi connectivity index (χ2v) is 20.1. The van der Waals surface area contributed by atoms with E-state index < -0.39 is 6.04 Å². The van der Waals surface area contributed by atoms with Crippen molar-refractivity contribution in [2.75, 3.05) is 9.80 Å². The molecule has 8 rings (SSSR count). The molecule has 0 aliphatic carbocycles. The molecule has 3 heteroatoms. The van der Waals surface area contributed by atoms with E-state index in [1.165, 1.54) is 33.1 Å². The van der Waals surface area contributed by atoms with Crippen LogP contribution in [0, 0.1) is 6.92 Å². The van der Waals surface area contributed by atoms with Gasteiger partial charge in [0.15, 0.2) is 0 Å². The second-order valence-electron chi connectivity index (χ2n) is 20.1. The second kappa shape index (κ2) is 13.0. The maximum absolute atomic E-state index is 9.26. The first kappa shape index (κ1) is 32.1. The standard InChI is InChI=1S/C53H59BN2/c1-34-29-47-49-48(30-34)56(44-26-21-37(51(5,6)7)31-41(44)35-17-15-14-16-18-35)46-28-23-39(53(11,12)13)33-43(46)54(49)42-32-38(52(8,9)10)22-27-45(42)55(47)40-24-19-36(20-25-40)50(2,3)4/h14-33H,1-13H3/i14D,15D,16D,17D,18D. The van der Waals surface area contributed by atoms with Crippen LogP contribution in [0.5, 0.6) is 0 Å². The quantitative estimate of drug-likeness (QED) is 0.167. The van der Waals surface area contributed by atoms with Gasteiger partial charge in [-0.3, -0.25) is 0 Å². The van der Waals surface area contributed by atoms with Crippen LogP contribution < -0.4 is 26.2 Å². The molecule has 2 aliphatic heterocycles. The zero-order valence-corrected chi connectivity index (χ0v) is 35.6. The third-order valence-electron chi connectivity index (χ3n) is 11.8. The van der Waals surface area contributed by atoms with Crippen molar-refractivity contribution in [3.63, 3.8) is 0 Å². The largest absolute Gasteiger partial charge is 0.311 e. The van der Waals surface area contributed by atoms with Crippen LogP contribution in [0.15, 0.2) is 121 Å². The van der Waals surface area contributed by atoms with Gasteiger partial charge in [-0.1, -0.05) is 156 Å². The van der Waals surface area contributed by atoms with Crippen molar-refractivity contribution in [3.05, 3.63) is 149 Å². The van der Waals surface area contributed by atoms with Crippen LogP contribution in [0.2, 0.25) is 0 Å². The van der Waals surface area contributed by atoms with Gasteiger partial charge < -0.3 is 9.80 Å². The zero-order chi connectivity index (χ0) is 44.5. The van der Waals surface area contributed by atoms with E-state index in [2.05, 4.69) is 191 Å². The van der Waals surface area contributed by atoms with Crippen molar-refractivity contribution in [1.29, 1.82) is 0 Å². The summed E-state index contributed by atoms with van der Waals surface area (Å²) in [7, 11) is 0. The minimum absolute atomic E-state index is 0.00301. The summed E-state index contributed by atoms with van der Waals surface area (Å²) in [6.07, 6.45) is 0. The fourth-order valence-electron chi connectivity index (χ4n) is 8.51. The first-order chi connectivity index (χ1) is 28.3.